The van der Waals surface area contributed by atoms with Gasteiger partial charge in [0, 0.05) is 30.0 Å². The molecular weight excluding hydrogens is 304 g/mol. The minimum Gasteiger partial charge on any atom is -0.396 e. The Bertz CT molecular complexity index is 600. The molecule has 0 radical (unpaired) electrons. The lowest BCUT2D eigenvalue weighted by atomic mass is 9.79. The number of hydrogen-bond donors (Lipinski definition) is 2. The van der Waals surface area contributed by atoms with Gasteiger partial charge in [-0.15, -0.1) is 0 Å². The number of carbonyl (C=O) groups excluding carboxylic acids is 2. The lowest BCUT2D eigenvalue weighted by molar-refractivity contribution is -0.121. The number of hydrogen-bond acceptors (Lipinski definition) is 3. The molecule has 0 saturated heterocycles. The second-order valence-corrected chi connectivity index (χ2v) is 6.34. The average Bonchev–Trinajstić information content (AvgIpc) is 2.84. The maximum Gasteiger partial charge on any atom is 0.259 e. The van der Waals surface area contributed by atoms with Gasteiger partial charge < -0.3 is 10.4 Å². The van der Waals surface area contributed by atoms with Crippen molar-refractivity contribution in [2.24, 2.45) is 5.41 Å². The summed E-state index contributed by atoms with van der Waals surface area (Å²) in [4.78, 5) is 26.1. The van der Waals surface area contributed by atoms with Gasteiger partial charge in [-0.25, -0.2) is 0 Å². The Morgan fingerprint density at radius 1 is 1.25 bits per heavy atom. The lowest BCUT2D eigenvalue weighted by Crippen LogP contribution is -2.42. The highest BCUT2D eigenvalue weighted by Crippen LogP contribution is 2.31. The molecule has 24 heavy (non-hydrogen) atoms. The van der Waals surface area contributed by atoms with Gasteiger partial charge in [0.05, 0.1) is 0 Å². The summed E-state index contributed by atoms with van der Waals surface area (Å²) < 4.78 is 0. The molecule has 0 spiro atoms. The van der Waals surface area contributed by atoms with Crippen molar-refractivity contribution in [1.82, 2.24) is 10.2 Å². The van der Waals surface area contributed by atoms with Crippen LogP contribution >= 0.6 is 0 Å². The predicted octanol–water partition coefficient (Wildman–Crippen LogP) is 2.42. The number of aliphatic hydroxyl groups is 1. The van der Waals surface area contributed by atoms with E-state index in [1.165, 1.54) is 4.90 Å². The summed E-state index contributed by atoms with van der Waals surface area (Å²) in [7, 11) is 0. The molecule has 5 nitrogen and oxygen atoms in total. The van der Waals surface area contributed by atoms with Crippen LogP contribution in [0.5, 0.6) is 0 Å². The first-order chi connectivity index (χ1) is 11.5. The van der Waals surface area contributed by atoms with Crippen LogP contribution in [0.15, 0.2) is 30.8 Å². The van der Waals surface area contributed by atoms with Gasteiger partial charge in [0.25, 0.3) is 5.91 Å². The molecule has 2 N–H and O–H groups in total. The minimum atomic E-state index is -0.207. The largest absolute Gasteiger partial charge is 0.396 e. The van der Waals surface area contributed by atoms with E-state index in [9.17, 15) is 14.7 Å². The zero-order chi connectivity index (χ0) is 17.7. The smallest absolute Gasteiger partial charge is 0.259 e. The quantitative estimate of drug-likeness (QED) is 0.769. The van der Waals surface area contributed by atoms with E-state index in [2.05, 4.69) is 25.7 Å². The van der Waals surface area contributed by atoms with Gasteiger partial charge in [0.15, 0.2) is 0 Å². The summed E-state index contributed by atoms with van der Waals surface area (Å²) in [6.45, 7) is 8.64. The fourth-order valence-corrected chi connectivity index (χ4v) is 3.17. The lowest BCUT2D eigenvalue weighted by Gasteiger charge is -2.31. The number of benzene rings is 1. The number of nitrogens with zero attached hydrogens (tertiary/aromatic N) is 1. The SMILES string of the molecule is C=C1c2ccccc2C(=O)N1CC(=O)NCC(CC)(CC)CCO. The van der Waals surface area contributed by atoms with Crippen LogP contribution < -0.4 is 5.32 Å². The fourth-order valence-electron chi connectivity index (χ4n) is 3.17. The van der Waals surface area contributed by atoms with Crippen LogP contribution in [0.4, 0.5) is 0 Å². The van der Waals surface area contributed by atoms with Crippen LogP contribution in [-0.2, 0) is 4.79 Å². The van der Waals surface area contributed by atoms with Crippen molar-refractivity contribution in [3.8, 4) is 0 Å². The highest BCUT2D eigenvalue weighted by Gasteiger charge is 2.32. The third kappa shape index (κ3) is 3.51. The molecule has 0 atom stereocenters. The highest BCUT2D eigenvalue weighted by atomic mass is 16.3. The zero-order valence-corrected chi connectivity index (χ0v) is 14.5. The van der Waals surface area contributed by atoms with Crippen LogP contribution in [0.3, 0.4) is 0 Å². The number of nitrogens with one attached hydrogen (secondary N) is 1. The number of rotatable bonds is 8. The van der Waals surface area contributed by atoms with Crippen LogP contribution in [-0.4, -0.2) is 41.5 Å². The molecule has 0 aromatic heterocycles. The molecule has 5 heteroatoms. The van der Waals surface area contributed by atoms with E-state index in [1.54, 1.807) is 12.1 Å². The molecule has 2 amide bonds. The van der Waals surface area contributed by atoms with E-state index in [-0.39, 0.29) is 30.4 Å². The van der Waals surface area contributed by atoms with E-state index >= 15 is 0 Å². The van der Waals surface area contributed by atoms with Crippen LogP contribution in [0.1, 0.15) is 49.0 Å². The third-order valence-corrected chi connectivity index (χ3v) is 5.14. The molecule has 1 heterocycles. The van der Waals surface area contributed by atoms with Crippen LogP contribution in [0.2, 0.25) is 0 Å². The van der Waals surface area contributed by atoms with Crippen molar-refractivity contribution >= 4 is 17.5 Å². The Morgan fingerprint density at radius 2 is 1.88 bits per heavy atom. The monoisotopic (exact) mass is 330 g/mol. The van der Waals surface area contributed by atoms with E-state index < -0.39 is 0 Å². The Balaban J connectivity index is 1.99. The molecule has 1 aliphatic rings. The van der Waals surface area contributed by atoms with E-state index in [1.807, 2.05) is 12.1 Å². The number of carbonyl (C=O) groups is 2. The number of aliphatic hydroxyl groups excluding tert-OH is 1. The molecule has 0 bridgehead atoms. The molecule has 2 rings (SSSR count). The maximum atomic E-state index is 12.4. The Kier molecular flexibility index (Phi) is 5.78. The molecular formula is C19H26N2O3. The van der Waals surface area contributed by atoms with Gasteiger partial charge >= 0.3 is 0 Å². The van der Waals surface area contributed by atoms with Crippen molar-refractivity contribution in [3.63, 3.8) is 0 Å². The third-order valence-electron chi connectivity index (χ3n) is 5.14. The molecule has 1 aromatic rings. The van der Waals surface area contributed by atoms with Gasteiger partial charge in [-0.1, -0.05) is 38.6 Å². The Hall–Kier alpha value is -2.14. The second-order valence-electron chi connectivity index (χ2n) is 6.34. The normalized spacial score (nSPS) is 14.0. The number of fused-ring (bicyclic) bond motifs is 1. The highest BCUT2D eigenvalue weighted by molar-refractivity contribution is 6.10. The van der Waals surface area contributed by atoms with E-state index in [0.717, 1.165) is 18.4 Å². The first-order valence-electron chi connectivity index (χ1n) is 8.45. The molecule has 0 saturated carbocycles. The van der Waals surface area contributed by atoms with E-state index in [4.69, 9.17) is 0 Å². The average molecular weight is 330 g/mol. The van der Waals surface area contributed by atoms with Gasteiger partial charge in [0.1, 0.15) is 6.54 Å². The minimum absolute atomic E-state index is 0.0328. The van der Waals surface area contributed by atoms with Gasteiger partial charge in [-0.3, -0.25) is 14.5 Å². The summed E-state index contributed by atoms with van der Waals surface area (Å²) in [5.74, 6) is -0.389. The molecule has 1 aliphatic heterocycles. The summed E-state index contributed by atoms with van der Waals surface area (Å²) in [6.07, 6.45) is 2.41. The molecule has 130 valence electrons. The second kappa shape index (κ2) is 7.62. The summed E-state index contributed by atoms with van der Waals surface area (Å²) >= 11 is 0. The number of amides is 2. The van der Waals surface area contributed by atoms with Gasteiger partial charge in [-0.05, 0) is 30.7 Å². The standard InChI is InChI=1S/C19H26N2O3/c1-4-19(5-2,10-11-22)13-20-17(23)12-21-14(3)15-8-6-7-9-16(15)18(21)24/h6-9,22H,3-5,10-13H2,1-2H3,(H,20,23). The first kappa shape index (κ1) is 18.2. The van der Waals surface area contributed by atoms with Crippen LogP contribution in [0, 0.1) is 5.41 Å². The van der Waals surface area contributed by atoms with Crippen molar-refractivity contribution in [2.75, 3.05) is 19.7 Å². The topological polar surface area (TPSA) is 69.6 Å². The molecule has 0 fully saturated rings. The zero-order valence-electron chi connectivity index (χ0n) is 14.5. The first-order valence-corrected chi connectivity index (χ1v) is 8.45. The van der Waals surface area contributed by atoms with Crippen molar-refractivity contribution in [1.29, 1.82) is 0 Å². The van der Waals surface area contributed by atoms with Crippen molar-refractivity contribution < 1.29 is 14.7 Å². The summed E-state index contributed by atoms with van der Waals surface area (Å²) in [5, 5.41) is 12.2. The molecule has 0 unspecified atom stereocenters. The van der Waals surface area contributed by atoms with E-state index in [0.29, 0.717) is 24.2 Å². The van der Waals surface area contributed by atoms with Crippen molar-refractivity contribution in [2.45, 2.75) is 33.1 Å². The summed E-state index contributed by atoms with van der Waals surface area (Å²) in [6, 6.07) is 7.25. The maximum absolute atomic E-state index is 12.4. The predicted molar refractivity (Wildman–Crippen MR) is 94.2 cm³/mol. The Morgan fingerprint density at radius 3 is 2.42 bits per heavy atom. The Labute approximate surface area is 143 Å². The molecule has 1 aromatic carbocycles. The van der Waals surface area contributed by atoms with Gasteiger partial charge in [-0.2, -0.15) is 0 Å². The van der Waals surface area contributed by atoms with Crippen LogP contribution in [0.25, 0.3) is 5.70 Å². The van der Waals surface area contributed by atoms with Crippen molar-refractivity contribution in [3.05, 3.63) is 42.0 Å². The fraction of sp³-hybridized carbons (Fsp3) is 0.474. The summed E-state index contributed by atoms with van der Waals surface area (Å²) in [5.41, 5.74) is 1.84. The molecule has 0 aliphatic carbocycles. The van der Waals surface area contributed by atoms with Gasteiger partial charge in [0.2, 0.25) is 5.91 Å².